The van der Waals surface area contributed by atoms with Crippen LogP contribution in [0.5, 0.6) is 0 Å². The van der Waals surface area contributed by atoms with Crippen LogP contribution in [0.15, 0.2) is 29.3 Å². The molecule has 2 saturated heterocycles. The Morgan fingerprint density at radius 3 is 2.79 bits per heavy atom. The summed E-state index contributed by atoms with van der Waals surface area (Å²) in [6, 6.07) is 8.14. The minimum atomic E-state index is -0.0430. The second-order valence-electron chi connectivity index (χ2n) is 7.79. The lowest BCUT2D eigenvalue weighted by Gasteiger charge is -2.38. The molecule has 0 aromatic heterocycles. The van der Waals surface area contributed by atoms with Crippen molar-refractivity contribution in [3.05, 3.63) is 34.9 Å². The summed E-state index contributed by atoms with van der Waals surface area (Å²) in [5.41, 5.74) is 1.15. The smallest absolute Gasteiger partial charge is 0.191 e. The van der Waals surface area contributed by atoms with Gasteiger partial charge >= 0.3 is 0 Å². The van der Waals surface area contributed by atoms with Gasteiger partial charge in [0, 0.05) is 57.0 Å². The maximum atomic E-state index is 6.54. The van der Waals surface area contributed by atoms with Crippen LogP contribution in [-0.4, -0.2) is 65.2 Å². The monoisotopic (exact) mass is 423 g/mol. The van der Waals surface area contributed by atoms with Crippen LogP contribution in [-0.2, 0) is 19.6 Å². The summed E-state index contributed by atoms with van der Waals surface area (Å²) in [5, 5.41) is 7.71. The second kappa shape index (κ2) is 11.7. The number of ether oxygens (including phenoxy) is 3. The normalized spacial score (nSPS) is 21.9. The molecule has 0 spiro atoms. The molecule has 162 valence electrons. The summed E-state index contributed by atoms with van der Waals surface area (Å²) in [6.07, 6.45) is 5.37. The minimum Gasteiger partial charge on any atom is -0.381 e. The maximum absolute atomic E-state index is 6.54. The molecule has 29 heavy (non-hydrogen) atoms. The van der Waals surface area contributed by atoms with E-state index in [1.54, 1.807) is 7.05 Å². The Morgan fingerprint density at radius 1 is 1.24 bits per heavy atom. The molecule has 2 aliphatic rings. The summed E-state index contributed by atoms with van der Waals surface area (Å²) >= 11 is 6.54. The first-order valence-corrected chi connectivity index (χ1v) is 11.1. The molecule has 1 aromatic rings. The van der Waals surface area contributed by atoms with Crippen LogP contribution >= 0.6 is 11.6 Å². The molecule has 0 bridgehead atoms. The summed E-state index contributed by atoms with van der Waals surface area (Å²) in [6.45, 7) is 5.39. The standard InChI is InChI=1S/C22H34ClN3O3/c1-24-21(25-11-5-12-28-16-18-6-4-13-29-18)26-17-22(9-14-27-15-10-22)19-7-2-3-8-20(19)23/h2-3,7-8,18H,4-6,9-17H2,1H3,(H2,24,25,26). The number of rotatable bonds is 9. The van der Waals surface area contributed by atoms with E-state index >= 15 is 0 Å². The van der Waals surface area contributed by atoms with Gasteiger partial charge in [-0.15, -0.1) is 0 Å². The van der Waals surface area contributed by atoms with E-state index in [1.165, 1.54) is 5.56 Å². The Balaban J connectivity index is 1.43. The zero-order chi connectivity index (χ0) is 20.4. The molecule has 1 atom stereocenters. The zero-order valence-electron chi connectivity index (χ0n) is 17.4. The summed E-state index contributed by atoms with van der Waals surface area (Å²) < 4.78 is 16.9. The molecular formula is C22H34ClN3O3. The van der Waals surface area contributed by atoms with Gasteiger partial charge in [-0.25, -0.2) is 0 Å². The number of hydrogen-bond acceptors (Lipinski definition) is 4. The van der Waals surface area contributed by atoms with Gasteiger partial charge in [-0.3, -0.25) is 4.99 Å². The fourth-order valence-corrected chi connectivity index (χ4v) is 4.38. The summed E-state index contributed by atoms with van der Waals surface area (Å²) in [5.74, 6) is 0.807. The largest absolute Gasteiger partial charge is 0.381 e. The average molecular weight is 424 g/mol. The van der Waals surface area contributed by atoms with E-state index in [0.29, 0.717) is 6.61 Å². The van der Waals surface area contributed by atoms with E-state index < -0.39 is 0 Å². The first-order valence-electron chi connectivity index (χ1n) is 10.7. The Hall–Kier alpha value is -1.34. The predicted octanol–water partition coefficient (Wildman–Crippen LogP) is 3.14. The Labute approximate surface area is 179 Å². The lowest BCUT2D eigenvalue weighted by molar-refractivity contribution is 0.0168. The van der Waals surface area contributed by atoms with Crippen molar-refractivity contribution in [2.24, 2.45) is 4.99 Å². The van der Waals surface area contributed by atoms with Crippen molar-refractivity contribution in [3.63, 3.8) is 0 Å². The summed E-state index contributed by atoms with van der Waals surface area (Å²) in [4.78, 5) is 4.37. The van der Waals surface area contributed by atoms with Gasteiger partial charge in [0.15, 0.2) is 5.96 Å². The van der Waals surface area contributed by atoms with E-state index in [9.17, 15) is 0 Å². The van der Waals surface area contributed by atoms with Crippen LogP contribution in [0.1, 0.15) is 37.7 Å². The van der Waals surface area contributed by atoms with Gasteiger partial charge in [0.25, 0.3) is 0 Å². The van der Waals surface area contributed by atoms with Crippen molar-refractivity contribution >= 4 is 17.6 Å². The van der Waals surface area contributed by atoms with E-state index in [4.69, 9.17) is 25.8 Å². The maximum Gasteiger partial charge on any atom is 0.191 e. The van der Waals surface area contributed by atoms with Crippen molar-refractivity contribution in [1.82, 2.24) is 10.6 Å². The van der Waals surface area contributed by atoms with E-state index in [1.807, 2.05) is 12.1 Å². The van der Waals surface area contributed by atoms with Gasteiger partial charge in [-0.1, -0.05) is 29.8 Å². The van der Waals surface area contributed by atoms with Crippen LogP contribution in [0, 0.1) is 0 Å². The second-order valence-corrected chi connectivity index (χ2v) is 8.20. The molecule has 0 aliphatic carbocycles. The lowest BCUT2D eigenvalue weighted by Crippen LogP contribution is -2.48. The third kappa shape index (κ3) is 6.57. The van der Waals surface area contributed by atoms with Crippen LogP contribution in [0.25, 0.3) is 0 Å². The molecule has 6 nitrogen and oxygen atoms in total. The molecule has 1 aromatic carbocycles. The van der Waals surface area contributed by atoms with Crippen LogP contribution in [0.3, 0.4) is 0 Å². The van der Waals surface area contributed by atoms with Gasteiger partial charge < -0.3 is 24.8 Å². The molecular weight excluding hydrogens is 390 g/mol. The molecule has 2 heterocycles. The molecule has 0 amide bonds. The predicted molar refractivity (Wildman–Crippen MR) is 117 cm³/mol. The fourth-order valence-electron chi connectivity index (χ4n) is 4.04. The average Bonchev–Trinajstić information content (AvgIpc) is 3.27. The van der Waals surface area contributed by atoms with Crippen molar-refractivity contribution in [3.8, 4) is 0 Å². The van der Waals surface area contributed by atoms with Crippen LogP contribution in [0.2, 0.25) is 5.02 Å². The number of nitrogens with one attached hydrogen (secondary N) is 2. The number of aliphatic imine (C=N–C) groups is 1. The first kappa shape index (κ1) is 22.3. The van der Waals surface area contributed by atoms with Gasteiger partial charge in [-0.05, 0) is 43.7 Å². The topological polar surface area (TPSA) is 64.1 Å². The lowest BCUT2D eigenvalue weighted by atomic mass is 9.74. The highest BCUT2D eigenvalue weighted by Crippen LogP contribution is 2.38. The molecule has 2 fully saturated rings. The van der Waals surface area contributed by atoms with Crippen molar-refractivity contribution in [2.75, 3.05) is 53.2 Å². The van der Waals surface area contributed by atoms with Crippen molar-refractivity contribution in [1.29, 1.82) is 0 Å². The third-order valence-corrected chi connectivity index (χ3v) is 6.13. The Bertz CT molecular complexity index is 644. The highest BCUT2D eigenvalue weighted by molar-refractivity contribution is 6.31. The van der Waals surface area contributed by atoms with E-state index in [-0.39, 0.29) is 11.5 Å². The van der Waals surface area contributed by atoms with E-state index in [0.717, 1.165) is 82.6 Å². The molecule has 2 aliphatic heterocycles. The third-order valence-electron chi connectivity index (χ3n) is 5.80. The molecule has 1 unspecified atom stereocenters. The Kier molecular flexibility index (Phi) is 9.05. The first-order chi connectivity index (χ1) is 14.2. The molecule has 2 N–H and O–H groups in total. The zero-order valence-corrected chi connectivity index (χ0v) is 18.2. The molecule has 0 saturated carbocycles. The molecule has 0 radical (unpaired) electrons. The fraction of sp³-hybridized carbons (Fsp3) is 0.682. The number of benzene rings is 1. The number of hydrogen-bond donors (Lipinski definition) is 2. The van der Waals surface area contributed by atoms with Crippen LogP contribution < -0.4 is 10.6 Å². The SMILES string of the molecule is CN=C(NCCCOCC1CCCO1)NCC1(c2ccccc2Cl)CCOCC1. The highest BCUT2D eigenvalue weighted by atomic mass is 35.5. The number of nitrogens with zero attached hydrogens (tertiary/aromatic N) is 1. The highest BCUT2D eigenvalue weighted by Gasteiger charge is 2.36. The van der Waals surface area contributed by atoms with Gasteiger partial charge in [0.2, 0.25) is 0 Å². The number of guanidine groups is 1. The number of halogens is 1. The van der Waals surface area contributed by atoms with Crippen molar-refractivity contribution < 1.29 is 14.2 Å². The van der Waals surface area contributed by atoms with Gasteiger partial charge in [0.1, 0.15) is 0 Å². The van der Waals surface area contributed by atoms with Gasteiger partial charge in [0.05, 0.1) is 12.7 Å². The molecule has 7 heteroatoms. The minimum absolute atomic E-state index is 0.0430. The van der Waals surface area contributed by atoms with Crippen molar-refractivity contribution in [2.45, 2.75) is 43.6 Å². The Morgan fingerprint density at radius 2 is 2.07 bits per heavy atom. The summed E-state index contributed by atoms with van der Waals surface area (Å²) in [7, 11) is 1.80. The van der Waals surface area contributed by atoms with Gasteiger partial charge in [-0.2, -0.15) is 0 Å². The van der Waals surface area contributed by atoms with Crippen LogP contribution in [0.4, 0.5) is 0 Å². The molecule has 3 rings (SSSR count). The van der Waals surface area contributed by atoms with E-state index in [2.05, 4.69) is 27.8 Å². The quantitative estimate of drug-likeness (QED) is 0.363.